The molecule has 0 spiro atoms. The van der Waals surface area contributed by atoms with Gasteiger partial charge in [-0.2, -0.15) is 0 Å². The van der Waals surface area contributed by atoms with Crippen LogP contribution in [0.15, 0.2) is 12.2 Å². The minimum atomic E-state index is -3.12. The summed E-state index contributed by atoms with van der Waals surface area (Å²) >= 11 is 0. The van der Waals surface area contributed by atoms with Crippen LogP contribution < -0.4 is 0 Å². The number of rotatable bonds is 15. The van der Waals surface area contributed by atoms with Crippen LogP contribution in [0, 0.1) is 0 Å². The summed E-state index contributed by atoms with van der Waals surface area (Å²) in [6.45, 7) is 2.11. The highest BCUT2D eigenvalue weighted by Gasteiger charge is 2.18. The fourth-order valence-corrected chi connectivity index (χ4v) is 3.65. The second-order valence-corrected chi connectivity index (χ2v) is 8.85. The van der Waals surface area contributed by atoms with Gasteiger partial charge in [-0.1, -0.05) is 57.6 Å². The Morgan fingerprint density at radius 3 is 2.25 bits per heavy atom. The van der Waals surface area contributed by atoms with Gasteiger partial charge < -0.3 is 10.2 Å². The normalized spacial score (nSPS) is 14.8. The van der Waals surface area contributed by atoms with E-state index in [4.69, 9.17) is 5.11 Å². The predicted molar refractivity (Wildman–Crippen MR) is 97.9 cm³/mol. The van der Waals surface area contributed by atoms with Crippen LogP contribution in [0.5, 0.6) is 0 Å². The molecule has 5 nitrogen and oxygen atoms in total. The van der Waals surface area contributed by atoms with Gasteiger partial charge in [-0.25, -0.2) is 8.42 Å². The van der Waals surface area contributed by atoms with Crippen molar-refractivity contribution in [3.63, 3.8) is 0 Å². The fraction of sp³-hybridized carbons (Fsp3) is 0.833. The Labute approximate surface area is 147 Å². The van der Waals surface area contributed by atoms with Crippen LogP contribution in [0.1, 0.15) is 77.6 Å². The molecule has 0 heterocycles. The van der Waals surface area contributed by atoms with Gasteiger partial charge in [0, 0.05) is 12.7 Å². The fourth-order valence-electron chi connectivity index (χ4n) is 2.60. The topological polar surface area (TPSA) is 91.7 Å². The lowest BCUT2D eigenvalue weighted by atomic mass is 10.1. The van der Waals surface area contributed by atoms with Crippen molar-refractivity contribution in [1.29, 1.82) is 0 Å². The summed E-state index contributed by atoms with van der Waals surface area (Å²) in [5.41, 5.74) is 0. The standard InChI is InChI=1S/C18H34O5S/c1-3-4-7-11-16(19)12-10-14-17(24(2,22)23)13-8-5-6-9-15-18(20)21/h10,12,16-17,19H,3-9,11,13-15H2,1-2H3,(H,20,21)/b12-10+. The van der Waals surface area contributed by atoms with Gasteiger partial charge in [-0.15, -0.1) is 0 Å². The van der Waals surface area contributed by atoms with Crippen LogP contribution in [0.2, 0.25) is 0 Å². The predicted octanol–water partition coefficient (Wildman–Crippen LogP) is 3.71. The molecule has 0 aliphatic heterocycles. The number of unbranched alkanes of at least 4 members (excludes halogenated alkanes) is 5. The van der Waals surface area contributed by atoms with Gasteiger partial charge >= 0.3 is 5.97 Å². The molecule has 0 saturated heterocycles. The van der Waals surface area contributed by atoms with Crippen molar-refractivity contribution >= 4 is 15.8 Å². The summed E-state index contributed by atoms with van der Waals surface area (Å²) in [6, 6.07) is 0. The van der Waals surface area contributed by atoms with Gasteiger partial charge in [0.15, 0.2) is 9.84 Å². The smallest absolute Gasteiger partial charge is 0.303 e. The Morgan fingerprint density at radius 1 is 1.04 bits per heavy atom. The molecule has 2 N–H and O–H groups in total. The van der Waals surface area contributed by atoms with Crippen molar-refractivity contribution < 1.29 is 23.4 Å². The average Bonchev–Trinajstić information content (AvgIpc) is 2.47. The van der Waals surface area contributed by atoms with Crippen molar-refractivity contribution in [3.05, 3.63) is 12.2 Å². The van der Waals surface area contributed by atoms with E-state index in [1.807, 2.05) is 0 Å². The Bertz CT molecular complexity index is 456. The van der Waals surface area contributed by atoms with Gasteiger partial charge in [0.05, 0.1) is 11.4 Å². The van der Waals surface area contributed by atoms with Crippen LogP contribution in [-0.2, 0) is 14.6 Å². The molecule has 2 unspecified atom stereocenters. The van der Waals surface area contributed by atoms with Crippen LogP contribution in [0.3, 0.4) is 0 Å². The van der Waals surface area contributed by atoms with Gasteiger partial charge in [0.25, 0.3) is 0 Å². The zero-order valence-corrected chi connectivity index (χ0v) is 15.9. The van der Waals surface area contributed by atoms with Crippen LogP contribution in [-0.4, -0.2) is 42.2 Å². The molecule has 0 aromatic heterocycles. The lowest BCUT2D eigenvalue weighted by molar-refractivity contribution is -0.137. The lowest BCUT2D eigenvalue weighted by Crippen LogP contribution is -2.19. The van der Waals surface area contributed by atoms with Gasteiger partial charge in [0.2, 0.25) is 0 Å². The van der Waals surface area contributed by atoms with E-state index in [9.17, 15) is 18.3 Å². The number of sulfone groups is 1. The number of carboxylic acids is 1. The molecule has 0 radical (unpaired) electrons. The second-order valence-electron chi connectivity index (χ2n) is 6.53. The zero-order valence-electron chi connectivity index (χ0n) is 15.1. The molecule has 0 saturated carbocycles. The maximum absolute atomic E-state index is 11.9. The van der Waals surface area contributed by atoms with E-state index in [0.29, 0.717) is 19.3 Å². The molecular weight excluding hydrogens is 328 g/mol. The molecule has 0 aromatic rings. The molecule has 0 aliphatic carbocycles. The van der Waals surface area contributed by atoms with Crippen molar-refractivity contribution in [2.24, 2.45) is 0 Å². The minimum Gasteiger partial charge on any atom is -0.481 e. The summed E-state index contributed by atoms with van der Waals surface area (Å²) < 4.78 is 23.7. The third-order valence-corrected chi connectivity index (χ3v) is 5.77. The number of carbonyl (C=O) groups is 1. The van der Waals surface area contributed by atoms with Gasteiger partial charge in [0.1, 0.15) is 0 Å². The Morgan fingerprint density at radius 2 is 1.67 bits per heavy atom. The largest absolute Gasteiger partial charge is 0.481 e. The monoisotopic (exact) mass is 362 g/mol. The van der Waals surface area contributed by atoms with Crippen molar-refractivity contribution in [2.75, 3.05) is 6.26 Å². The van der Waals surface area contributed by atoms with Crippen molar-refractivity contribution in [2.45, 2.75) is 88.9 Å². The first-order valence-electron chi connectivity index (χ1n) is 9.02. The zero-order chi connectivity index (χ0) is 18.4. The summed E-state index contributed by atoms with van der Waals surface area (Å²) in [7, 11) is -3.12. The number of aliphatic carboxylic acids is 1. The highest BCUT2D eigenvalue weighted by atomic mass is 32.2. The SMILES string of the molecule is CCCCCC(O)/C=C/CC(CCCCCCC(=O)O)S(C)(=O)=O. The van der Waals surface area contributed by atoms with E-state index in [0.717, 1.165) is 44.9 Å². The average molecular weight is 363 g/mol. The molecule has 0 bridgehead atoms. The number of hydrogen-bond acceptors (Lipinski definition) is 4. The summed E-state index contributed by atoms with van der Waals surface area (Å²) in [5.74, 6) is -0.786. The van der Waals surface area contributed by atoms with Crippen LogP contribution >= 0.6 is 0 Å². The third-order valence-electron chi connectivity index (χ3n) is 4.13. The molecule has 0 amide bonds. The van der Waals surface area contributed by atoms with Gasteiger partial charge in [-0.05, 0) is 25.7 Å². The molecule has 24 heavy (non-hydrogen) atoms. The summed E-state index contributed by atoms with van der Waals surface area (Å²) in [6.07, 6.45) is 12.4. The highest BCUT2D eigenvalue weighted by molar-refractivity contribution is 7.91. The first kappa shape index (κ1) is 23.1. The molecule has 0 aliphatic rings. The molecule has 6 heteroatoms. The number of allylic oxidation sites excluding steroid dienone is 1. The van der Waals surface area contributed by atoms with Crippen molar-refractivity contribution in [3.8, 4) is 0 Å². The second kappa shape index (κ2) is 13.4. The number of aliphatic hydroxyl groups excluding tert-OH is 1. The van der Waals surface area contributed by atoms with E-state index in [2.05, 4.69) is 6.92 Å². The Kier molecular flexibility index (Phi) is 12.9. The third kappa shape index (κ3) is 13.5. The first-order valence-corrected chi connectivity index (χ1v) is 11.0. The van der Waals surface area contributed by atoms with Crippen molar-refractivity contribution in [1.82, 2.24) is 0 Å². The Hall–Kier alpha value is -0.880. The maximum atomic E-state index is 11.9. The number of hydrogen-bond donors (Lipinski definition) is 2. The van der Waals surface area contributed by atoms with Crippen LogP contribution in [0.25, 0.3) is 0 Å². The quantitative estimate of drug-likeness (QED) is 0.342. The van der Waals surface area contributed by atoms with Crippen LogP contribution in [0.4, 0.5) is 0 Å². The first-order chi connectivity index (χ1) is 11.3. The van der Waals surface area contributed by atoms with Gasteiger partial charge in [-0.3, -0.25) is 4.79 Å². The number of carboxylic acid groups (broad SMARTS) is 1. The molecule has 0 fully saturated rings. The van der Waals surface area contributed by atoms with E-state index < -0.39 is 27.2 Å². The molecule has 142 valence electrons. The number of aliphatic hydroxyl groups is 1. The van der Waals surface area contributed by atoms with E-state index >= 15 is 0 Å². The summed E-state index contributed by atoms with van der Waals surface area (Å²) in [4.78, 5) is 10.4. The molecule has 0 rings (SSSR count). The lowest BCUT2D eigenvalue weighted by Gasteiger charge is -2.13. The highest BCUT2D eigenvalue weighted by Crippen LogP contribution is 2.16. The molecular formula is C18H34O5S. The van der Waals surface area contributed by atoms with E-state index in [-0.39, 0.29) is 6.42 Å². The molecule has 0 aromatic carbocycles. The molecule has 2 atom stereocenters. The van der Waals surface area contributed by atoms with E-state index in [1.165, 1.54) is 6.26 Å². The minimum absolute atomic E-state index is 0.175. The maximum Gasteiger partial charge on any atom is 0.303 e. The van der Waals surface area contributed by atoms with E-state index in [1.54, 1.807) is 12.2 Å². The Balaban J connectivity index is 4.13. The summed E-state index contributed by atoms with van der Waals surface area (Å²) in [5, 5.41) is 18.0.